The van der Waals surface area contributed by atoms with Crippen molar-refractivity contribution in [2.24, 2.45) is 0 Å². The van der Waals surface area contributed by atoms with Crippen LogP contribution in [0.25, 0.3) is 38.6 Å². The molecule has 0 aliphatic heterocycles. The summed E-state index contributed by atoms with van der Waals surface area (Å²) < 4.78 is 2.38. The van der Waals surface area contributed by atoms with E-state index in [0.29, 0.717) is 0 Å². The van der Waals surface area contributed by atoms with Gasteiger partial charge in [-0.3, -0.25) is 0 Å². The Kier molecular flexibility index (Phi) is 6.17. The first-order chi connectivity index (χ1) is 23.8. The zero-order valence-electron chi connectivity index (χ0n) is 26.7. The van der Waals surface area contributed by atoms with Crippen molar-refractivity contribution < 1.29 is 0 Å². The summed E-state index contributed by atoms with van der Waals surface area (Å²) in [7, 11) is 0. The van der Waals surface area contributed by atoms with Crippen LogP contribution in [0, 0.1) is 0 Å². The minimum Gasteiger partial charge on any atom is -0.310 e. The molecule has 0 fully saturated rings. The van der Waals surface area contributed by atoms with E-state index < -0.39 is 0 Å². The average Bonchev–Trinajstić information content (AvgIpc) is 3.96. The first kappa shape index (κ1) is 27.3. The minimum absolute atomic E-state index is 1.03. The second-order valence-electron chi connectivity index (χ2n) is 13.3. The Labute approximate surface area is 281 Å². The van der Waals surface area contributed by atoms with Crippen LogP contribution < -0.4 is 4.90 Å². The summed E-state index contributed by atoms with van der Waals surface area (Å²) in [6.45, 7) is 0. The van der Waals surface area contributed by atoms with E-state index >= 15 is 0 Å². The molecule has 0 N–H and O–H groups in total. The van der Waals surface area contributed by atoms with Gasteiger partial charge in [0.25, 0.3) is 0 Å². The van der Waals surface area contributed by atoms with E-state index in [2.05, 4.69) is 167 Å². The predicted octanol–water partition coefficient (Wildman–Crippen LogP) is 12.3. The summed E-state index contributed by atoms with van der Waals surface area (Å²) in [5, 5.41) is 2.51. The number of hydrogen-bond donors (Lipinski definition) is 0. The molecule has 0 atom stereocenters. The lowest BCUT2D eigenvalue weighted by molar-refractivity contribution is 1.18. The molecule has 2 heteroatoms. The lowest BCUT2D eigenvalue weighted by Crippen LogP contribution is -2.10. The molecule has 0 unspecified atom stereocenters. The molecule has 0 saturated carbocycles. The Morgan fingerprint density at radius 2 is 1.00 bits per heavy atom. The largest absolute Gasteiger partial charge is 0.310 e. The quantitative estimate of drug-likeness (QED) is 0.181. The molecule has 0 saturated heterocycles. The summed E-state index contributed by atoms with van der Waals surface area (Å²) in [6.07, 6.45) is 18.1. The fraction of sp³-hybridized carbons (Fsp3) is 0.0870. The second kappa shape index (κ2) is 10.9. The van der Waals surface area contributed by atoms with Gasteiger partial charge in [-0.15, -0.1) is 0 Å². The van der Waals surface area contributed by atoms with Crippen molar-refractivity contribution in [3.8, 4) is 5.69 Å². The lowest BCUT2D eigenvalue weighted by atomic mass is 10.0. The summed E-state index contributed by atoms with van der Waals surface area (Å²) in [6, 6.07) is 44.8. The molecule has 0 spiro atoms. The van der Waals surface area contributed by atoms with E-state index in [1.807, 2.05) is 0 Å². The van der Waals surface area contributed by atoms with Crippen molar-refractivity contribution in [3.05, 3.63) is 191 Å². The van der Waals surface area contributed by atoms with Crippen molar-refractivity contribution in [1.29, 1.82) is 0 Å². The molecule has 0 bridgehead atoms. The van der Waals surface area contributed by atoms with Crippen LogP contribution in [0.2, 0.25) is 0 Å². The number of nitrogens with zero attached hydrogens (tertiary/aromatic N) is 2. The molecule has 2 nitrogen and oxygen atoms in total. The normalized spacial score (nSPS) is 16.3. The molecule has 0 radical (unpaired) electrons. The highest BCUT2D eigenvalue weighted by Crippen LogP contribution is 2.43. The molecule has 0 amide bonds. The van der Waals surface area contributed by atoms with Gasteiger partial charge in [0, 0.05) is 33.5 Å². The third-order valence-electron chi connectivity index (χ3n) is 10.5. The summed E-state index contributed by atoms with van der Waals surface area (Å²) in [5.41, 5.74) is 18.4. The fourth-order valence-electron chi connectivity index (χ4n) is 8.14. The lowest BCUT2D eigenvalue weighted by Gasteiger charge is -2.26. The van der Waals surface area contributed by atoms with Crippen molar-refractivity contribution in [2.45, 2.75) is 25.7 Å². The summed E-state index contributed by atoms with van der Waals surface area (Å²) in [5.74, 6) is 0. The number of fused-ring (bicyclic) bond motifs is 3. The van der Waals surface area contributed by atoms with E-state index in [0.717, 1.165) is 42.7 Å². The molecular weight excluding hydrogens is 581 g/mol. The number of allylic oxidation sites excluding steroid dienone is 12. The minimum atomic E-state index is 1.03. The monoisotopic (exact) mass is 614 g/mol. The van der Waals surface area contributed by atoms with Gasteiger partial charge in [-0.25, -0.2) is 0 Å². The summed E-state index contributed by atoms with van der Waals surface area (Å²) in [4.78, 5) is 2.41. The predicted molar refractivity (Wildman–Crippen MR) is 202 cm³/mol. The maximum atomic E-state index is 2.41. The van der Waals surface area contributed by atoms with Crippen molar-refractivity contribution in [2.75, 3.05) is 4.90 Å². The first-order valence-corrected chi connectivity index (χ1v) is 17.0. The van der Waals surface area contributed by atoms with Gasteiger partial charge in [0.15, 0.2) is 0 Å². The Morgan fingerprint density at radius 1 is 0.458 bits per heavy atom. The number of aromatic nitrogens is 1. The molecule has 48 heavy (non-hydrogen) atoms. The molecule has 6 aromatic rings. The standard InChI is InChI=1S/C46H34N2/c1-2-12-39(13-3-1)48-45-15-5-4-14-43(45)44-30-42(24-25-46(44)48)47(40-20-16-31(17-21-40)37-26-33-8-6-9-34(33)27-37)41-22-18-32(19-23-41)38-28-35-10-7-11-36(35)29-38/h1-8,10,12-25,27,29-30H,9,11,26,28H2. The van der Waals surface area contributed by atoms with Crippen molar-refractivity contribution in [1.82, 2.24) is 4.57 Å². The van der Waals surface area contributed by atoms with E-state index in [4.69, 9.17) is 0 Å². The van der Waals surface area contributed by atoms with Crippen molar-refractivity contribution in [3.63, 3.8) is 0 Å². The van der Waals surface area contributed by atoms with Crippen LogP contribution in [0.5, 0.6) is 0 Å². The Bertz CT molecular complexity index is 2360. The molecule has 10 rings (SSSR count). The van der Waals surface area contributed by atoms with Crippen LogP contribution in [-0.4, -0.2) is 4.57 Å². The number of hydrogen-bond acceptors (Lipinski definition) is 1. The van der Waals surface area contributed by atoms with Gasteiger partial charge in [-0.05, 0) is 131 Å². The van der Waals surface area contributed by atoms with Crippen LogP contribution in [0.4, 0.5) is 17.1 Å². The van der Waals surface area contributed by atoms with E-state index in [9.17, 15) is 0 Å². The molecule has 228 valence electrons. The maximum Gasteiger partial charge on any atom is 0.0542 e. The van der Waals surface area contributed by atoms with E-state index in [1.165, 1.54) is 72.1 Å². The van der Waals surface area contributed by atoms with Gasteiger partial charge in [-0.2, -0.15) is 0 Å². The smallest absolute Gasteiger partial charge is 0.0542 e. The van der Waals surface area contributed by atoms with Crippen LogP contribution in [0.1, 0.15) is 36.8 Å². The zero-order valence-corrected chi connectivity index (χ0v) is 26.7. The maximum absolute atomic E-state index is 2.41. The number of para-hydroxylation sites is 2. The first-order valence-electron chi connectivity index (χ1n) is 17.0. The third kappa shape index (κ3) is 4.41. The topological polar surface area (TPSA) is 8.17 Å². The van der Waals surface area contributed by atoms with Crippen LogP contribution in [0.3, 0.4) is 0 Å². The highest BCUT2D eigenvalue weighted by atomic mass is 15.1. The number of anilines is 3. The highest BCUT2D eigenvalue weighted by molar-refractivity contribution is 6.10. The molecule has 4 aliphatic carbocycles. The van der Waals surface area contributed by atoms with Gasteiger partial charge < -0.3 is 9.47 Å². The van der Waals surface area contributed by atoms with Gasteiger partial charge in [-0.1, -0.05) is 97.1 Å². The van der Waals surface area contributed by atoms with Crippen LogP contribution in [-0.2, 0) is 0 Å². The van der Waals surface area contributed by atoms with Crippen molar-refractivity contribution >= 4 is 50.0 Å². The Morgan fingerprint density at radius 3 is 1.60 bits per heavy atom. The molecular formula is C46H34N2. The zero-order chi connectivity index (χ0) is 31.6. The van der Waals surface area contributed by atoms with Gasteiger partial charge in [0.2, 0.25) is 0 Å². The fourth-order valence-corrected chi connectivity index (χ4v) is 8.14. The van der Waals surface area contributed by atoms with Crippen LogP contribution >= 0.6 is 0 Å². The van der Waals surface area contributed by atoms with Crippen LogP contribution in [0.15, 0.2) is 180 Å². The SMILES string of the molecule is C1=CC2=C(C=C(c3ccc(N(c4ccc(C5=CC6=C(C=CC6)C5)cc4)c4ccc5c(c4)c4ccccc4n5-c4ccccc4)cc3)C2)C1. The molecule has 1 aromatic heterocycles. The summed E-state index contributed by atoms with van der Waals surface area (Å²) >= 11 is 0. The van der Waals surface area contributed by atoms with E-state index in [-0.39, 0.29) is 0 Å². The van der Waals surface area contributed by atoms with Gasteiger partial charge >= 0.3 is 0 Å². The number of rotatable bonds is 6. The molecule has 4 aliphatic rings. The second-order valence-corrected chi connectivity index (χ2v) is 13.3. The Balaban J connectivity index is 1.08. The van der Waals surface area contributed by atoms with Gasteiger partial charge in [0.05, 0.1) is 11.0 Å². The Hall–Kier alpha value is -5.86. The molecule has 1 heterocycles. The molecule has 5 aromatic carbocycles. The third-order valence-corrected chi connectivity index (χ3v) is 10.5. The average molecular weight is 615 g/mol. The number of benzene rings is 5. The highest BCUT2D eigenvalue weighted by Gasteiger charge is 2.21. The van der Waals surface area contributed by atoms with E-state index in [1.54, 1.807) is 0 Å². The van der Waals surface area contributed by atoms with Gasteiger partial charge in [0.1, 0.15) is 0 Å².